The van der Waals surface area contributed by atoms with Gasteiger partial charge >= 0.3 is 0 Å². The first-order valence-electron chi connectivity index (χ1n) is 20.3. The summed E-state index contributed by atoms with van der Waals surface area (Å²) in [5, 5.41) is 20.7. The summed E-state index contributed by atoms with van der Waals surface area (Å²) >= 11 is 0. The summed E-state index contributed by atoms with van der Waals surface area (Å²) in [6.07, 6.45) is 44.1. The summed E-state index contributed by atoms with van der Waals surface area (Å²) in [6, 6.07) is 0. The minimum absolute atomic E-state index is 0.512. The molecule has 0 saturated carbocycles. The van der Waals surface area contributed by atoms with E-state index in [4.69, 9.17) is 0 Å². The summed E-state index contributed by atoms with van der Waals surface area (Å²) < 4.78 is 0.972. The van der Waals surface area contributed by atoms with Gasteiger partial charge in [0.1, 0.15) is 25.3 Å². The highest BCUT2D eigenvalue weighted by molar-refractivity contribution is 4.75. The van der Waals surface area contributed by atoms with Gasteiger partial charge in [-0.25, -0.2) is 0 Å². The maximum absolute atomic E-state index is 10.3. The van der Waals surface area contributed by atoms with Crippen molar-refractivity contribution < 1.29 is 14.7 Å². The minimum atomic E-state index is -0.512. The highest BCUT2D eigenvalue weighted by atomic mass is 16.3. The first-order chi connectivity index (χ1) is 21.1. The summed E-state index contributed by atoms with van der Waals surface area (Å²) in [5.74, 6) is 0. The number of nitrogens with zero attached hydrogens (tertiary/aromatic N) is 1. The van der Waals surface area contributed by atoms with Crippen LogP contribution < -0.4 is 0 Å². The fourth-order valence-corrected chi connectivity index (χ4v) is 7.58. The van der Waals surface area contributed by atoms with Crippen LogP contribution in [0.2, 0.25) is 0 Å². The molecule has 0 aromatic rings. The Hall–Kier alpha value is -0.120. The van der Waals surface area contributed by atoms with Crippen LogP contribution in [0.15, 0.2) is 0 Å². The largest absolute Gasteiger partial charge is 0.384 e. The van der Waals surface area contributed by atoms with E-state index in [0.717, 1.165) is 30.7 Å². The van der Waals surface area contributed by atoms with E-state index < -0.39 is 12.2 Å². The molecule has 0 aromatic carbocycles. The van der Waals surface area contributed by atoms with E-state index in [9.17, 15) is 10.2 Å². The van der Waals surface area contributed by atoms with Crippen LogP contribution in [0.4, 0.5) is 0 Å². The van der Waals surface area contributed by atoms with Crippen LogP contribution in [0.25, 0.3) is 0 Å². The van der Waals surface area contributed by atoms with E-state index in [-0.39, 0.29) is 0 Å². The second kappa shape index (κ2) is 30.5. The van der Waals surface area contributed by atoms with Gasteiger partial charge in [0.25, 0.3) is 0 Å². The second-order valence-corrected chi connectivity index (χ2v) is 14.9. The van der Waals surface area contributed by atoms with Gasteiger partial charge in [0.2, 0.25) is 0 Å². The van der Waals surface area contributed by atoms with E-state index in [0.29, 0.717) is 0 Å². The number of hydrogen-bond acceptors (Lipinski definition) is 2. The molecule has 0 aromatic heterocycles. The molecule has 0 bridgehead atoms. The lowest BCUT2D eigenvalue weighted by Gasteiger charge is -2.34. The third kappa shape index (κ3) is 24.7. The maximum Gasteiger partial charge on any atom is 0.134 e. The zero-order valence-corrected chi connectivity index (χ0v) is 30.0. The molecule has 0 amide bonds. The van der Waals surface area contributed by atoms with Gasteiger partial charge in [0.05, 0.1) is 13.1 Å². The van der Waals surface area contributed by atoms with Gasteiger partial charge in [-0.3, -0.25) is 0 Å². The molecule has 2 unspecified atom stereocenters. The molecule has 0 spiro atoms. The van der Waals surface area contributed by atoms with Crippen molar-refractivity contribution in [3.63, 3.8) is 0 Å². The third-order valence-corrected chi connectivity index (χ3v) is 10.6. The fourth-order valence-electron chi connectivity index (χ4n) is 7.58. The Kier molecular flexibility index (Phi) is 29.0. The van der Waals surface area contributed by atoms with E-state index in [1.54, 1.807) is 0 Å². The van der Waals surface area contributed by atoms with Crippen LogP contribution in [-0.2, 0) is 0 Å². The Bertz CT molecular complexity index is 505. The molecule has 1 aliphatic heterocycles. The van der Waals surface area contributed by atoms with Crippen LogP contribution in [0.1, 0.15) is 219 Å². The highest BCUT2D eigenvalue weighted by Crippen LogP contribution is 2.24. The Morgan fingerprint density at radius 2 is 0.512 bits per heavy atom. The number of aliphatic hydroxyl groups is 2. The van der Waals surface area contributed by atoms with Crippen LogP contribution in [0.3, 0.4) is 0 Å². The molecule has 43 heavy (non-hydrogen) atoms. The molecule has 258 valence electrons. The number of rotatable bonds is 34. The van der Waals surface area contributed by atoms with Crippen LogP contribution in [0.5, 0.6) is 0 Å². The minimum Gasteiger partial charge on any atom is -0.384 e. The zero-order chi connectivity index (χ0) is 31.1. The molecule has 3 heteroatoms. The number of hydrogen-bond donors (Lipinski definition) is 2. The first kappa shape index (κ1) is 40.9. The van der Waals surface area contributed by atoms with Crippen molar-refractivity contribution in [3.05, 3.63) is 0 Å². The van der Waals surface area contributed by atoms with Crippen molar-refractivity contribution in [2.75, 3.05) is 26.2 Å². The Morgan fingerprint density at radius 3 is 0.721 bits per heavy atom. The predicted molar refractivity (Wildman–Crippen MR) is 191 cm³/mol. The molecule has 0 radical (unpaired) electrons. The van der Waals surface area contributed by atoms with Crippen molar-refractivity contribution in [1.82, 2.24) is 0 Å². The predicted octanol–water partition coefficient (Wildman–Crippen LogP) is 12.1. The van der Waals surface area contributed by atoms with Crippen LogP contribution >= 0.6 is 0 Å². The molecular weight excluding hydrogens is 526 g/mol. The van der Waals surface area contributed by atoms with E-state index >= 15 is 0 Å². The number of quaternary nitrogens is 1. The van der Waals surface area contributed by atoms with Crippen molar-refractivity contribution in [3.8, 4) is 0 Å². The topological polar surface area (TPSA) is 40.5 Å². The van der Waals surface area contributed by atoms with E-state index in [2.05, 4.69) is 13.8 Å². The quantitative estimate of drug-likeness (QED) is 0.0563. The summed E-state index contributed by atoms with van der Waals surface area (Å²) in [7, 11) is 0. The zero-order valence-electron chi connectivity index (χ0n) is 30.0. The van der Waals surface area contributed by atoms with Crippen LogP contribution in [0, 0.1) is 0 Å². The molecule has 0 aliphatic carbocycles. The molecule has 2 atom stereocenters. The number of unbranched alkanes of at least 4 members (excludes halogenated alkanes) is 30. The SMILES string of the molecule is CCCCCCCCCCCCCCCCCC[N+]1(CCCCCCCCCCCCCCCCCC)CC(O)C(O)C1. The first-order valence-corrected chi connectivity index (χ1v) is 20.3. The lowest BCUT2D eigenvalue weighted by atomic mass is 10.0. The molecule has 1 aliphatic rings. The monoisotopic (exact) mass is 609 g/mol. The van der Waals surface area contributed by atoms with Gasteiger partial charge < -0.3 is 14.7 Å². The molecule has 3 nitrogen and oxygen atoms in total. The Balaban J connectivity index is 1.96. The molecular formula is C40H82NO2+. The average Bonchev–Trinajstić information content (AvgIpc) is 3.29. The number of likely N-dealkylation sites (tertiary alicyclic amines) is 1. The van der Waals surface area contributed by atoms with Crippen molar-refractivity contribution >= 4 is 0 Å². The van der Waals surface area contributed by atoms with Crippen molar-refractivity contribution in [2.24, 2.45) is 0 Å². The van der Waals surface area contributed by atoms with E-state index in [1.165, 1.54) is 205 Å². The number of aliphatic hydroxyl groups excluding tert-OH is 2. The summed E-state index contributed by atoms with van der Waals surface area (Å²) in [6.45, 7) is 8.46. The van der Waals surface area contributed by atoms with Gasteiger partial charge in [0.15, 0.2) is 0 Å². The Morgan fingerprint density at radius 1 is 0.326 bits per heavy atom. The molecule has 1 heterocycles. The fraction of sp³-hybridized carbons (Fsp3) is 1.00. The second-order valence-electron chi connectivity index (χ2n) is 14.9. The Labute approximate surface area is 272 Å². The highest BCUT2D eigenvalue weighted by Gasteiger charge is 2.42. The maximum atomic E-state index is 10.3. The molecule has 1 rings (SSSR count). The van der Waals surface area contributed by atoms with Gasteiger partial charge in [-0.15, -0.1) is 0 Å². The summed E-state index contributed by atoms with van der Waals surface area (Å²) in [4.78, 5) is 0. The normalized spacial score (nSPS) is 18.1. The smallest absolute Gasteiger partial charge is 0.134 e. The average molecular weight is 609 g/mol. The van der Waals surface area contributed by atoms with Gasteiger partial charge in [-0.1, -0.05) is 194 Å². The molecule has 1 saturated heterocycles. The van der Waals surface area contributed by atoms with Gasteiger partial charge in [0, 0.05) is 0 Å². The van der Waals surface area contributed by atoms with Crippen LogP contribution in [-0.4, -0.2) is 53.1 Å². The lowest BCUT2D eigenvalue weighted by molar-refractivity contribution is -0.919. The molecule has 1 fully saturated rings. The van der Waals surface area contributed by atoms with Gasteiger partial charge in [-0.05, 0) is 25.7 Å². The van der Waals surface area contributed by atoms with Crippen molar-refractivity contribution in [2.45, 2.75) is 232 Å². The summed E-state index contributed by atoms with van der Waals surface area (Å²) in [5.41, 5.74) is 0. The molecule has 2 N–H and O–H groups in total. The third-order valence-electron chi connectivity index (χ3n) is 10.6. The standard InChI is InChI=1S/C40H82NO2/c1-3-5-7-9-11-13-15-17-19-21-23-25-27-29-31-33-35-41(37-39(42)40(43)38-41)36-34-32-30-28-26-24-22-20-18-16-14-12-10-8-6-4-2/h39-40,42-43H,3-38H2,1-2H3/q+1. The van der Waals surface area contributed by atoms with Gasteiger partial charge in [-0.2, -0.15) is 0 Å². The lowest BCUT2D eigenvalue weighted by Crippen LogP contribution is -2.48. The van der Waals surface area contributed by atoms with E-state index in [1.807, 2.05) is 0 Å². The van der Waals surface area contributed by atoms with Crippen molar-refractivity contribution in [1.29, 1.82) is 0 Å².